The molecule has 0 saturated carbocycles. The molecular weight excluding hydrogens is 291 g/mol. The highest BCUT2D eigenvalue weighted by Gasteiger charge is 2.26. The second-order valence-electron chi connectivity index (χ2n) is 5.03. The normalized spacial score (nSPS) is 12.3. The van der Waals surface area contributed by atoms with Gasteiger partial charge >= 0.3 is 0 Å². The third-order valence-corrected chi connectivity index (χ3v) is 5.62. The van der Waals surface area contributed by atoms with Crippen molar-refractivity contribution in [2.45, 2.75) is 51.1 Å². The molecule has 6 heteroatoms. The fraction of sp³-hybridized carbons (Fsp3) is 0.600. The molecule has 1 N–H and O–H groups in total. The van der Waals surface area contributed by atoms with E-state index in [0.29, 0.717) is 18.7 Å². The van der Waals surface area contributed by atoms with E-state index in [0.717, 1.165) is 12.8 Å². The molecule has 0 aromatic heterocycles. The van der Waals surface area contributed by atoms with Gasteiger partial charge in [-0.05, 0) is 37.6 Å². The van der Waals surface area contributed by atoms with Crippen LogP contribution in [0.4, 0.5) is 4.39 Å². The molecule has 0 aliphatic rings. The van der Waals surface area contributed by atoms with Gasteiger partial charge in [0, 0.05) is 25.2 Å². The summed E-state index contributed by atoms with van der Waals surface area (Å²) in [5, 5.41) is 3.01. The van der Waals surface area contributed by atoms with Gasteiger partial charge in [-0.25, -0.2) is 12.8 Å². The van der Waals surface area contributed by atoms with Gasteiger partial charge in [0.05, 0.1) is 4.90 Å². The van der Waals surface area contributed by atoms with E-state index >= 15 is 0 Å². The molecule has 0 amide bonds. The van der Waals surface area contributed by atoms with Crippen molar-refractivity contribution in [3.8, 4) is 0 Å². The minimum absolute atomic E-state index is 0.0442. The van der Waals surface area contributed by atoms with E-state index in [4.69, 9.17) is 0 Å². The van der Waals surface area contributed by atoms with E-state index in [1.54, 1.807) is 7.05 Å². The Bertz CT molecular complexity index is 557. The van der Waals surface area contributed by atoms with E-state index in [1.807, 2.05) is 20.8 Å². The van der Waals surface area contributed by atoms with Gasteiger partial charge in [0.1, 0.15) is 5.82 Å². The Morgan fingerprint density at radius 3 is 2.38 bits per heavy atom. The van der Waals surface area contributed by atoms with Crippen LogP contribution in [0.1, 0.15) is 39.2 Å². The van der Waals surface area contributed by atoms with Gasteiger partial charge in [-0.3, -0.25) is 0 Å². The molecule has 0 aliphatic carbocycles. The van der Waals surface area contributed by atoms with Crippen molar-refractivity contribution in [3.63, 3.8) is 0 Å². The summed E-state index contributed by atoms with van der Waals surface area (Å²) in [6, 6.07) is 3.93. The average Bonchev–Trinajstić information content (AvgIpc) is 2.47. The molecule has 120 valence electrons. The Labute approximate surface area is 127 Å². The molecule has 0 radical (unpaired) electrons. The third kappa shape index (κ3) is 4.25. The molecule has 0 fully saturated rings. The molecular formula is C15H25FN2O2S. The zero-order valence-corrected chi connectivity index (χ0v) is 14.0. The summed E-state index contributed by atoms with van der Waals surface area (Å²) in [6.07, 6.45) is 1.50. The first-order valence-corrected chi connectivity index (χ1v) is 8.79. The minimum atomic E-state index is -3.59. The van der Waals surface area contributed by atoms with Gasteiger partial charge in [0.15, 0.2) is 0 Å². The Hall–Kier alpha value is -0.980. The lowest BCUT2D eigenvalue weighted by Gasteiger charge is -2.25. The van der Waals surface area contributed by atoms with Crippen LogP contribution in [0.2, 0.25) is 0 Å². The summed E-state index contributed by atoms with van der Waals surface area (Å²) < 4.78 is 40.3. The van der Waals surface area contributed by atoms with Gasteiger partial charge < -0.3 is 5.32 Å². The predicted molar refractivity (Wildman–Crippen MR) is 83.1 cm³/mol. The first-order chi connectivity index (χ1) is 9.88. The summed E-state index contributed by atoms with van der Waals surface area (Å²) in [5.41, 5.74) is 0.371. The SMILES string of the molecule is CCNCc1cc(S(=O)(=O)N(C)C(CC)CC)ccc1F. The van der Waals surface area contributed by atoms with Crippen LogP contribution in [0, 0.1) is 5.82 Å². The van der Waals surface area contributed by atoms with Crippen molar-refractivity contribution >= 4 is 10.0 Å². The van der Waals surface area contributed by atoms with Crippen molar-refractivity contribution in [3.05, 3.63) is 29.6 Å². The second kappa shape index (κ2) is 7.87. The fourth-order valence-corrected chi connectivity index (χ4v) is 3.83. The number of nitrogens with zero attached hydrogens (tertiary/aromatic N) is 1. The van der Waals surface area contributed by atoms with Crippen LogP contribution < -0.4 is 5.32 Å². The summed E-state index contributed by atoms with van der Waals surface area (Å²) in [7, 11) is -2.00. The van der Waals surface area contributed by atoms with E-state index in [-0.39, 0.29) is 16.8 Å². The summed E-state index contributed by atoms with van der Waals surface area (Å²) in [6.45, 7) is 6.85. The molecule has 4 nitrogen and oxygen atoms in total. The number of halogens is 1. The Morgan fingerprint density at radius 1 is 1.24 bits per heavy atom. The molecule has 21 heavy (non-hydrogen) atoms. The van der Waals surface area contributed by atoms with Gasteiger partial charge in [0.2, 0.25) is 10.0 Å². The minimum Gasteiger partial charge on any atom is -0.313 e. The number of nitrogens with one attached hydrogen (secondary N) is 1. The molecule has 0 atom stereocenters. The average molecular weight is 316 g/mol. The van der Waals surface area contributed by atoms with Crippen molar-refractivity contribution in [2.24, 2.45) is 0 Å². The highest BCUT2D eigenvalue weighted by molar-refractivity contribution is 7.89. The Balaban J connectivity index is 3.13. The predicted octanol–water partition coefficient (Wildman–Crippen LogP) is 2.74. The monoisotopic (exact) mass is 316 g/mol. The van der Waals surface area contributed by atoms with Crippen LogP contribution in [-0.4, -0.2) is 32.4 Å². The molecule has 0 spiro atoms. The van der Waals surface area contributed by atoms with E-state index < -0.39 is 10.0 Å². The van der Waals surface area contributed by atoms with Crippen molar-refractivity contribution in [2.75, 3.05) is 13.6 Å². The zero-order chi connectivity index (χ0) is 16.0. The number of sulfonamides is 1. The molecule has 1 aromatic carbocycles. The number of hydrogen-bond donors (Lipinski definition) is 1. The molecule has 0 aliphatic heterocycles. The largest absolute Gasteiger partial charge is 0.313 e. The first-order valence-electron chi connectivity index (χ1n) is 7.35. The van der Waals surface area contributed by atoms with Crippen LogP contribution in [0.15, 0.2) is 23.1 Å². The lowest BCUT2D eigenvalue weighted by atomic mass is 10.2. The number of hydrogen-bond acceptors (Lipinski definition) is 3. The molecule has 0 bridgehead atoms. The maximum absolute atomic E-state index is 13.7. The molecule has 1 aromatic rings. The van der Waals surface area contributed by atoms with Gasteiger partial charge in [-0.1, -0.05) is 20.8 Å². The Morgan fingerprint density at radius 2 is 1.86 bits per heavy atom. The third-order valence-electron chi connectivity index (χ3n) is 3.72. The number of rotatable bonds is 8. The fourth-order valence-electron chi connectivity index (χ4n) is 2.27. The van der Waals surface area contributed by atoms with Crippen LogP contribution in [0.5, 0.6) is 0 Å². The lowest BCUT2D eigenvalue weighted by molar-refractivity contribution is 0.349. The van der Waals surface area contributed by atoms with Gasteiger partial charge in [0.25, 0.3) is 0 Å². The van der Waals surface area contributed by atoms with E-state index in [2.05, 4.69) is 5.32 Å². The van der Waals surface area contributed by atoms with Crippen LogP contribution in [0.25, 0.3) is 0 Å². The molecule has 0 saturated heterocycles. The highest BCUT2D eigenvalue weighted by atomic mass is 32.2. The topological polar surface area (TPSA) is 49.4 Å². The number of benzene rings is 1. The maximum atomic E-state index is 13.7. The lowest BCUT2D eigenvalue weighted by Crippen LogP contribution is -2.36. The van der Waals surface area contributed by atoms with Crippen molar-refractivity contribution < 1.29 is 12.8 Å². The summed E-state index contributed by atoms with van der Waals surface area (Å²) in [5.74, 6) is -0.389. The molecule has 0 heterocycles. The van der Waals surface area contributed by atoms with Gasteiger partial charge in [-0.2, -0.15) is 4.31 Å². The van der Waals surface area contributed by atoms with Crippen LogP contribution in [-0.2, 0) is 16.6 Å². The van der Waals surface area contributed by atoms with E-state index in [1.165, 1.54) is 22.5 Å². The van der Waals surface area contributed by atoms with E-state index in [9.17, 15) is 12.8 Å². The van der Waals surface area contributed by atoms with Crippen LogP contribution >= 0.6 is 0 Å². The quantitative estimate of drug-likeness (QED) is 0.802. The zero-order valence-electron chi connectivity index (χ0n) is 13.2. The van der Waals surface area contributed by atoms with Crippen LogP contribution in [0.3, 0.4) is 0 Å². The first kappa shape index (κ1) is 18.1. The second-order valence-corrected chi connectivity index (χ2v) is 7.02. The maximum Gasteiger partial charge on any atom is 0.243 e. The molecule has 0 unspecified atom stereocenters. The van der Waals surface area contributed by atoms with Crippen molar-refractivity contribution in [1.29, 1.82) is 0 Å². The Kier molecular flexibility index (Phi) is 6.77. The van der Waals surface area contributed by atoms with Crippen molar-refractivity contribution in [1.82, 2.24) is 9.62 Å². The smallest absolute Gasteiger partial charge is 0.243 e. The van der Waals surface area contributed by atoms with Gasteiger partial charge in [-0.15, -0.1) is 0 Å². The standard InChI is InChI=1S/C15H25FN2O2S/c1-5-13(6-2)18(4)21(19,20)14-8-9-15(16)12(10-14)11-17-7-3/h8-10,13,17H,5-7,11H2,1-4H3. The summed E-state index contributed by atoms with van der Waals surface area (Å²) >= 11 is 0. The summed E-state index contributed by atoms with van der Waals surface area (Å²) in [4.78, 5) is 0.145. The molecule has 1 rings (SSSR count). The highest BCUT2D eigenvalue weighted by Crippen LogP contribution is 2.21.